The zero-order chi connectivity index (χ0) is 13.1. The van der Waals surface area contributed by atoms with Gasteiger partial charge in [0.05, 0.1) is 5.56 Å². The highest BCUT2D eigenvalue weighted by atomic mass is 19.4. The van der Waals surface area contributed by atoms with E-state index in [1.54, 1.807) is 0 Å². The lowest BCUT2D eigenvalue weighted by Gasteiger charge is -2.07. The second-order valence-corrected chi connectivity index (χ2v) is 3.02. The standard InChI is InChI=1S/C11H4F4N2/c12-10-4-9(11(13,14)15)2-1-8(10)3-7(5-16)6-17/h1-4H. The SMILES string of the molecule is N#CC(C#N)=Cc1ccc(C(F)(F)F)cc1F. The topological polar surface area (TPSA) is 47.6 Å². The van der Waals surface area contributed by atoms with Gasteiger partial charge in [0.2, 0.25) is 0 Å². The monoisotopic (exact) mass is 240 g/mol. The van der Waals surface area contributed by atoms with Crippen LogP contribution in [0.15, 0.2) is 23.8 Å². The Hall–Kier alpha value is -2.34. The minimum Gasteiger partial charge on any atom is -0.206 e. The van der Waals surface area contributed by atoms with E-state index in [0.717, 1.165) is 12.1 Å². The van der Waals surface area contributed by atoms with Gasteiger partial charge in [0.1, 0.15) is 23.5 Å². The maximum Gasteiger partial charge on any atom is 0.416 e. The highest BCUT2D eigenvalue weighted by Gasteiger charge is 2.30. The molecule has 17 heavy (non-hydrogen) atoms. The molecule has 0 unspecified atom stereocenters. The van der Waals surface area contributed by atoms with Gasteiger partial charge in [-0.25, -0.2) is 4.39 Å². The Morgan fingerprint density at radius 1 is 1.18 bits per heavy atom. The van der Waals surface area contributed by atoms with Crippen molar-refractivity contribution >= 4 is 6.08 Å². The molecule has 0 N–H and O–H groups in total. The van der Waals surface area contributed by atoms with Crippen LogP contribution in [-0.4, -0.2) is 0 Å². The van der Waals surface area contributed by atoms with Crippen LogP contribution in [0.5, 0.6) is 0 Å². The van der Waals surface area contributed by atoms with Crippen molar-refractivity contribution in [1.29, 1.82) is 10.5 Å². The van der Waals surface area contributed by atoms with Gasteiger partial charge in [-0.3, -0.25) is 0 Å². The average Bonchev–Trinajstić information content (AvgIpc) is 2.26. The van der Waals surface area contributed by atoms with E-state index in [1.165, 1.54) is 12.1 Å². The van der Waals surface area contributed by atoms with E-state index in [-0.39, 0.29) is 11.1 Å². The van der Waals surface area contributed by atoms with Crippen molar-refractivity contribution in [2.24, 2.45) is 0 Å². The Balaban J connectivity index is 3.22. The molecule has 1 rings (SSSR count). The van der Waals surface area contributed by atoms with E-state index < -0.39 is 17.6 Å². The zero-order valence-electron chi connectivity index (χ0n) is 8.22. The number of allylic oxidation sites excluding steroid dienone is 1. The molecule has 0 radical (unpaired) electrons. The maximum absolute atomic E-state index is 13.3. The van der Waals surface area contributed by atoms with E-state index in [2.05, 4.69) is 0 Å². The summed E-state index contributed by atoms with van der Waals surface area (Å²) in [5.74, 6) is -1.14. The Morgan fingerprint density at radius 2 is 1.76 bits per heavy atom. The molecule has 0 heterocycles. The molecule has 1 aromatic rings. The molecule has 1 aromatic carbocycles. The van der Waals surface area contributed by atoms with E-state index in [4.69, 9.17) is 10.5 Å². The summed E-state index contributed by atoms with van der Waals surface area (Å²) >= 11 is 0. The predicted molar refractivity (Wildman–Crippen MR) is 50.6 cm³/mol. The van der Waals surface area contributed by atoms with Crippen LogP contribution in [0.1, 0.15) is 11.1 Å². The number of halogens is 4. The molecular formula is C11H4F4N2. The number of nitriles is 2. The molecule has 0 atom stereocenters. The number of alkyl halides is 3. The van der Waals surface area contributed by atoms with E-state index in [0.29, 0.717) is 12.1 Å². The van der Waals surface area contributed by atoms with Crippen LogP contribution in [-0.2, 0) is 6.18 Å². The summed E-state index contributed by atoms with van der Waals surface area (Å²) in [6.07, 6.45) is -3.74. The molecule has 2 nitrogen and oxygen atoms in total. The quantitative estimate of drug-likeness (QED) is 0.558. The summed E-state index contributed by atoms with van der Waals surface area (Å²) in [6, 6.07) is 4.83. The molecule has 0 spiro atoms. The van der Waals surface area contributed by atoms with Crippen molar-refractivity contribution in [3.8, 4) is 12.1 Å². The predicted octanol–water partition coefficient (Wildman–Crippen LogP) is 3.28. The third-order valence-electron chi connectivity index (χ3n) is 1.87. The summed E-state index contributed by atoms with van der Waals surface area (Å²) in [6.45, 7) is 0. The van der Waals surface area contributed by atoms with Crippen LogP contribution in [0.3, 0.4) is 0 Å². The first-order valence-corrected chi connectivity index (χ1v) is 4.27. The molecular weight excluding hydrogens is 236 g/mol. The van der Waals surface area contributed by atoms with Crippen molar-refractivity contribution in [2.45, 2.75) is 6.18 Å². The summed E-state index contributed by atoms with van der Waals surface area (Å²) in [5.41, 5.74) is -1.75. The molecule has 0 bridgehead atoms. The van der Waals surface area contributed by atoms with Gasteiger partial charge in [-0.05, 0) is 18.2 Å². The van der Waals surface area contributed by atoms with E-state index in [9.17, 15) is 17.6 Å². The first-order valence-electron chi connectivity index (χ1n) is 4.27. The van der Waals surface area contributed by atoms with E-state index >= 15 is 0 Å². The van der Waals surface area contributed by atoms with Crippen molar-refractivity contribution in [1.82, 2.24) is 0 Å². The average molecular weight is 240 g/mol. The van der Waals surface area contributed by atoms with Crippen LogP contribution in [0, 0.1) is 28.5 Å². The molecule has 0 amide bonds. The minimum absolute atomic E-state index is 0.240. The fourth-order valence-corrected chi connectivity index (χ4v) is 1.07. The Labute approximate surface area is 94.0 Å². The summed E-state index contributed by atoms with van der Waals surface area (Å²) in [5, 5.41) is 16.8. The van der Waals surface area contributed by atoms with Crippen LogP contribution >= 0.6 is 0 Å². The van der Waals surface area contributed by atoms with Crippen molar-refractivity contribution in [3.63, 3.8) is 0 Å². The second-order valence-electron chi connectivity index (χ2n) is 3.02. The number of hydrogen-bond acceptors (Lipinski definition) is 2. The normalized spacial score (nSPS) is 10.2. The molecule has 0 aliphatic carbocycles. The zero-order valence-corrected chi connectivity index (χ0v) is 8.22. The van der Waals surface area contributed by atoms with Gasteiger partial charge >= 0.3 is 6.18 Å². The van der Waals surface area contributed by atoms with Crippen LogP contribution in [0.2, 0.25) is 0 Å². The molecule has 86 valence electrons. The molecule has 6 heteroatoms. The maximum atomic E-state index is 13.3. The molecule has 0 saturated heterocycles. The fourth-order valence-electron chi connectivity index (χ4n) is 1.07. The highest BCUT2D eigenvalue weighted by Crippen LogP contribution is 2.30. The Morgan fingerprint density at radius 3 is 2.18 bits per heavy atom. The van der Waals surface area contributed by atoms with Gasteiger partial charge in [-0.2, -0.15) is 23.7 Å². The molecule has 0 aliphatic rings. The smallest absolute Gasteiger partial charge is 0.206 e. The van der Waals surface area contributed by atoms with Crippen molar-refractivity contribution in [2.75, 3.05) is 0 Å². The van der Waals surface area contributed by atoms with Gasteiger partial charge in [0.25, 0.3) is 0 Å². The van der Waals surface area contributed by atoms with Crippen molar-refractivity contribution in [3.05, 3.63) is 40.7 Å². The van der Waals surface area contributed by atoms with Crippen LogP contribution < -0.4 is 0 Å². The minimum atomic E-state index is -4.63. The second kappa shape index (κ2) is 4.67. The first kappa shape index (κ1) is 12.7. The lowest BCUT2D eigenvalue weighted by molar-refractivity contribution is -0.137. The highest BCUT2D eigenvalue weighted by molar-refractivity contribution is 5.62. The molecule has 0 aromatic heterocycles. The van der Waals surface area contributed by atoms with E-state index in [1.807, 2.05) is 0 Å². The fraction of sp³-hybridized carbons (Fsp3) is 0.0909. The lowest BCUT2D eigenvalue weighted by atomic mass is 10.1. The van der Waals surface area contributed by atoms with Crippen LogP contribution in [0.25, 0.3) is 6.08 Å². The largest absolute Gasteiger partial charge is 0.416 e. The summed E-state index contributed by atoms with van der Waals surface area (Å²) < 4.78 is 49.9. The van der Waals surface area contributed by atoms with Gasteiger partial charge < -0.3 is 0 Å². The first-order chi connectivity index (χ1) is 7.88. The van der Waals surface area contributed by atoms with Crippen LogP contribution in [0.4, 0.5) is 17.6 Å². The lowest BCUT2D eigenvalue weighted by Crippen LogP contribution is -2.05. The number of benzene rings is 1. The Bertz CT molecular complexity index is 528. The summed E-state index contributed by atoms with van der Waals surface area (Å²) in [4.78, 5) is 0. The Kier molecular flexibility index (Phi) is 3.49. The number of hydrogen-bond donors (Lipinski definition) is 0. The molecule has 0 aliphatic heterocycles. The molecule has 0 saturated carbocycles. The third kappa shape index (κ3) is 3.05. The molecule has 0 fully saturated rings. The van der Waals surface area contributed by atoms with Gasteiger partial charge in [0, 0.05) is 5.56 Å². The van der Waals surface area contributed by atoms with Gasteiger partial charge in [-0.15, -0.1) is 0 Å². The summed E-state index contributed by atoms with van der Waals surface area (Å²) in [7, 11) is 0. The van der Waals surface area contributed by atoms with Gasteiger partial charge in [0.15, 0.2) is 0 Å². The number of rotatable bonds is 1. The van der Waals surface area contributed by atoms with Crippen molar-refractivity contribution < 1.29 is 17.6 Å². The number of nitrogens with zero attached hydrogens (tertiary/aromatic N) is 2. The van der Waals surface area contributed by atoms with Gasteiger partial charge in [-0.1, -0.05) is 6.07 Å². The third-order valence-corrected chi connectivity index (χ3v) is 1.87.